The molecule has 0 bridgehead atoms. The molecule has 1 aromatic heterocycles. The summed E-state index contributed by atoms with van der Waals surface area (Å²) in [6.07, 6.45) is 3.36. The van der Waals surface area contributed by atoms with E-state index in [0.29, 0.717) is 12.5 Å². The van der Waals surface area contributed by atoms with Crippen LogP contribution in [-0.2, 0) is 4.74 Å². The summed E-state index contributed by atoms with van der Waals surface area (Å²) in [6.45, 7) is 8.11. The van der Waals surface area contributed by atoms with Crippen LogP contribution in [0.1, 0.15) is 20.8 Å². The van der Waals surface area contributed by atoms with E-state index < -0.39 is 5.60 Å². The number of benzene rings is 1. The van der Waals surface area contributed by atoms with Crippen LogP contribution < -0.4 is 10.2 Å². The molecule has 0 atom stereocenters. The molecule has 0 unspecified atom stereocenters. The predicted molar refractivity (Wildman–Crippen MR) is 101 cm³/mol. The minimum atomic E-state index is -0.456. The van der Waals surface area contributed by atoms with Gasteiger partial charge in [0.15, 0.2) is 0 Å². The van der Waals surface area contributed by atoms with E-state index in [1.54, 1.807) is 6.33 Å². The zero-order valence-electron chi connectivity index (χ0n) is 14.7. The van der Waals surface area contributed by atoms with Crippen LogP contribution in [0.5, 0.6) is 0 Å². The molecule has 2 heterocycles. The van der Waals surface area contributed by atoms with Gasteiger partial charge in [-0.25, -0.2) is 9.78 Å². The van der Waals surface area contributed by atoms with Crippen molar-refractivity contribution in [3.8, 4) is 5.69 Å². The highest BCUT2D eigenvalue weighted by molar-refractivity contribution is 9.10. The van der Waals surface area contributed by atoms with E-state index in [1.807, 2.05) is 31.5 Å². The summed E-state index contributed by atoms with van der Waals surface area (Å²) in [6, 6.07) is 8.38. The highest BCUT2D eigenvalue weighted by atomic mass is 79.9. The Kier molecular flexibility index (Phi) is 5.03. The number of hydrogen-bond donors (Lipinski definition) is 1. The standard InChI is InChI=1S/C18H23BrN4O2/c1-18(2,3)25-17(24)20-8-13-9-22(10-13)14-4-6-15(7-5-14)23-11-16(19)21-12-23/h4-7,11-13H,8-10H2,1-3H3,(H,20,24). The number of rotatable bonds is 4. The van der Waals surface area contributed by atoms with E-state index in [0.717, 1.165) is 23.4 Å². The van der Waals surface area contributed by atoms with E-state index >= 15 is 0 Å². The second kappa shape index (κ2) is 7.07. The molecular formula is C18H23BrN4O2. The lowest BCUT2D eigenvalue weighted by molar-refractivity contribution is 0.0516. The molecule has 7 heteroatoms. The molecule has 1 saturated heterocycles. The third kappa shape index (κ3) is 4.75. The second-order valence-electron chi connectivity index (χ2n) is 7.27. The van der Waals surface area contributed by atoms with Crippen molar-refractivity contribution in [2.75, 3.05) is 24.5 Å². The van der Waals surface area contributed by atoms with E-state index in [1.165, 1.54) is 5.69 Å². The number of amides is 1. The Morgan fingerprint density at radius 2 is 1.92 bits per heavy atom. The molecule has 1 aliphatic heterocycles. The van der Waals surface area contributed by atoms with Gasteiger partial charge in [-0.2, -0.15) is 0 Å². The highest BCUT2D eigenvalue weighted by Gasteiger charge is 2.27. The van der Waals surface area contributed by atoms with Crippen LogP contribution in [0.2, 0.25) is 0 Å². The Bertz CT molecular complexity index is 730. The summed E-state index contributed by atoms with van der Waals surface area (Å²) in [5.74, 6) is 0.455. The predicted octanol–water partition coefficient (Wildman–Crippen LogP) is 3.60. The molecule has 1 fully saturated rings. The normalized spacial score (nSPS) is 15.0. The fourth-order valence-electron chi connectivity index (χ4n) is 2.73. The number of imidazole rings is 1. The maximum atomic E-state index is 11.7. The lowest BCUT2D eigenvalue weighted by Gasteiger charge is -2.41. The van der Waals surface area contributed by atoms with Crippen LogP contribution >= 0.6 is 15.9 Å². The summed E-state index contributed by atoms with van der Waals surface area (Å²) in [5.41, 5.74) is 1.81. The second-order valence-corrected chi connectivity index (χ2v) is 8.09. The Morgan fingerprint density at radius 3 is 2.48 bits per heavy atom. The molecule has 1 aromatic carbocycles. The van der Waals surface area contributed by atoms with Crippen molar-refractivity contribution in [2.45, 2.75) is 26.4 Å². The van der Waals surface area contributed by atoms with Gasteiger partial charge in [0.25, 0.3) is 0 Å². The largest absolute Gasteiger partial charge is 0.444 e. The molecule has 2 aromatic rings. The maximum absolute atomic E-state index is 11.7. The van der Waals surface area contributed by atoms with Crippen molar-refractivity contribution in [1.82, 2.24) is 14.9 Å². The zero-order chi connectivity index (χ0) is 18.0. The average molecular weight is 407 g/mol. The number of nitrogens with one attached hydrogen (secondary N) is 1. The van der Waals surface area contributed by atoms with Gasteiger partial charge in [0.2, 0.25) is 0 Å². The SMILES string of the molecule is CC(C)(C)OC(=O)NCC1CN(c2ccc(-n3cnc(Br)c3)cc2)C1. The minimum absolute atomic E-state index is 0.346. The number of nitrogens with zero attached hydrogens (tertiary/aromatic N) is 3. The fraction of sp³-hybridized carbons (Fsp3) is 0.444. The average Bonchev–Trinajstić information content (AvgIpc) is 2.91. The zero-order valence-corrected chi connectivity index (χ0v) is 16.3. The highest BCUT2D eigenvalue weighted by Crippen LogP contribution is 2.25. The van der Waals surface area contributed by atoms with Crippen LogP contribution in [0, 0.1) is 5.92 Å². The van der Waals surface area contributed by atoms with Gasteiger partial charge in [0.05, 0.1) is 0 Å². The van der Waals surface area contributed by atoms with E-state index in [2.05, 4.69) is 55.4 Å². The molecule has 1 amide bonds. The monoisotopic (exact) mass is 406 g/mol. The Hall–Kier alpha value is -2.02. The first-order valence-corrected chi connectivity index (χ1v) is 9.11. The number of halogens is 1. The van der Waals surface area contributed by atoms with Crippen molar-refractivity contribution in [3.05, 3.63) is 41.4 Å². The summed E-state index contributed by atoms with van der Waals surface area (Å²) in [5, 5.41) is 2.84. The van der Waals surface area contributed by atoms with E-state index in [4.69, 9.17) is 4.74 Å². The quantitative estimate of drug-likeness (QED) is 0.842. The Labute approximate surface area is 156 Å². The van der Waals surface area contributed by atoms with Gasteiger partial charge in [-0.1, -0.05) is 0 Å². The molecule has 0 radical (unpaired) electrons. The number of alkyl carbamates (subject to hydrolysis) is 1. The number of hydrogen-bond acceptors (Lipinski definition) is 4. The lowest BCUT2D eigenvalue weighted by Crippen LogP contribution is -2.51. The summed E-state index contributed by atoms with van der Waals surface area (Å²) >= 11 is 3.36. The first-order chi connectivity index (χ1) is 11.8. The lowest BCUT2D eigenvalue weighted by atomic mass is 9.99. The molecular weight excluding hydrogens is 384 g/mol. The smallest absolute Gasteiger partial charge is 0.407 e. The van der Waals surface area contributed by atoms with Crippen LogP contribution in [0.25, 0.3) is 5.69 Å². The molecule has 1 N–H and O–H groups in total. The molecule has 134 valence electrons. The Balaban J connectivity index is 1.46. The molecule has 25 heavy (non-hydrogen) atoms. The molecule has 0 aliphatic carbocycles. The van der Waals surface area contributed by atoms with Gasteiger partial charge in [-0.3, -0.25) is 0 Å². The van der Waals surface area contributed by atoms with Crippen LogP contribution in [0.4, 0.5) is 10.5 Å². The van der Waals surface area contributed by atoms with Crippen LogP contribution in [-0.4, -0.2) is 40.9 Å². The molecule has 0 saturated carbocycles. The van der Waals surface area contributed by atoms with Crippen LogP contribution in [0.3, 0.4) is 0 Å². The molecule has 0 spiro atoms. The number of carbonyl (C=O) groups is 1. The fourth-order valence-corrected chi connectivity index (χ4v) is 3.04. The first kappa shape index (κ1) is 17.8. The molecule has 3 rings (SSSR count). The van der Waals surface area contributed by atoms with Gasteiger partial charge < -0.3 is 19.5 Å². The summed E-state index contributed by atoms with van der Waals surface area (Å²) < 4.78 is 8.04. The number of anilines is 1. The van der Waals surface area contributed by atoms with Crippen molar-refractivity contribution >= 4 is 27.7 Å². The van der Waals surface area contributed by atoms with Gasteiger partial charge in [0.1, 0.15) is 16.5 Å². The minimum Gasteiger partial charge on any atom is -0.444 e. The number of ether oxygens (including phenoxy) is 1. The summed E-state index contributed by atoms with van der Waals surface area (Å²) in [4.78, 5) is 18.1. The van der Waals surface area contributed by atoms with Gasteiger partial charge in [0, 0.05) is 43.1 Å². The van der Waals surface area contributed by atoms with Crippen molar-refractivity contribution < 1.29 is 9.53 Å². The van der Waals surface area contributed by atoms with Crippen molar-refractivity contribution in [1.29, 1.82) is 0 Å². The number of aromatic nitrogens is 2. The molecule has 1 aliphatic rings. The topological polar surface area (TPSA) is 59.4 Å². The van der Waals surface area contributed by atoms with Crippen molar-refractivity contribution in [2.24, 2.45) is 5.92 Å². The van der Waals surface area contributed by atoms with Gasteiger partial charge >= 0.3 is 6.09 Å². The third-order valence-corrected chi connectivity index (χ3v) is 4.36. The van der Waals surface area contributed by atoms with Gasteiger partial charge in [-0.15, -0.1) is 0 Å². The first-order valence-electron chi connectivity index (χ1n) is 8.32. The van der Waals surface area contributed by atoms with Gasteiger partial charge in [-0.05, 0) is 61.0 Å². The maximum Gasteiger partial charge on any atom is 0.407 e. The molecule has 6 nitrogen and oxygen atoms in total. The van der Waals surface area contributed by atoms with Crippen LogP contribution in [0.15, 0.2) is 41.4 Å². The van der Waals surface area contributed by atoms with E-state index in [-0.39, 0.29) is 6.09 Å². The number of carbonyl (C=O) groups excluding carboxylic acids is 1. The van der Waals surface area contributed by atoms with E-state index in [9.17, 15) is 4.79 Å². The van der Waals surface area contributed by atoms with Crippen molar-refractivity contribution in [3.63, 3.8) is 0 Å². The third-order valence-electron chi connectivity index (χ3n) is 3.96. The summed E-state index contributed by atoms with van der Waals surface area (Å²) in [7, 11) is 0. The Morgan fingerprint density at radius 1 is 1.28 bits per heavy atom.